The van der Waals surface area contributed by atoms with E-state index in [1.165, 1.54) is 16.2 Å². The normalized spacial score (nSPS) is 19.0. The average molecular weight is 415 g/mol. The zero-order valence-electron chi connectivity index (χ0n) is 15.9. The number of hydrogen-bond acceptors (Lipinski definition) is 6. The first-order valence-electron chi connectivity index (χ1n) is 9.47. The zero-order chi connectivity index (χ0) is 19.8. The molecule has 2 aliphatic rings. The highest BCUT2D eigenvalue weighted by molar-refractivity contribution is 8.26. The maximum Gasteiger partial charge on any atom is 0.267 e. The Morgan fingerprint density at radius 2 is 2.00 bits per heavy atom. The third-order valence-electron chi connectivity index (χ3n) is 4.85. The number of anilines is 1. The van der Waals surface area contributed by atoms with E-state index in [2.05, 4.69) is 4.90 Å². The van der Waals surface area contributed by atoms with Crippen LogP contribution >= 0.6 is 24.0 Å². The SMILES string of the molecule is CC(C)CN1C(=O)/C(=C\c2c(N3CCCC3)nc3ccccn3c2=O)SC1=S. The van der Waals surface area contributed by atoms with E-state index in [0.717, 1.165) is 25.9 Å². The summed E-state index contributed by atoms with van der Waals surface area (Å²) in [5.41, 5.74) is 0.899. The number of amides is 1. The predicted molar refractivity (Wildman–Crippen MR) is 118 cm³/mol. The van der Waals surface area contributed by atoms with Gasteiger partial charge in [0.2, 0.25) is 0 Å². The molecule has 2 fully saturated rings. The Morgan fingerprint density at radius 3 is 2.71 bits per heavy atom. The van der Waals surface area contributed by atoms with Crippen molar-refractivity contribution in [2.24, 2.45) is 5.92 Å². The van der Waals surface area contributed by atoms with Crippen LogP contribution in [0.25, 0.3) is 11.7 Å². The molecule has 4 heterocycles. The fourth-order valence-electron chi connectivity index (χ4n) is 3.54. The van der Waals surface area contributed by atoms with E-state index in [1.54, 1.807) is 23.2 Å². The molecule has 0 aromatic carbocycles. The molecule has 0 atom stereocenters. The summed E-state index contributed by atoms with van der Waals surface area (Å²) in [6.45, 7) is 6.41. The molecular weight excluding hydrogens is 392 g/mol. The van der Waals surface area contributed by atoms with Gasteiger partial charge in [0.15, 0.2) is 0 Å². The van der Waals surface area contributed by atoms with Crippen LogP contribution in [0.3, 0.4) is 0 Å². The second kappa shape index (κ2) is 7.67. The number of fused-ring (bicyclic) bond motifs is 1. The summed E-state index contributed by atoms with van der Waals surface area (Å²) < 4.78 is 2.07. The number of nitrogens with zero attached hydrogens (tertiary/aromatic N) is 4. The van der Waals surface area contributed by atoms with Crippen molar-refractivity contribution in [1.29, 1.82) is 0 Å². The molecule has 0 aliphatic carbocycles. The topological polar surface area (TPSA) is 57.9 Å². The van der Waals surface area contributed by atoms with E-state index in [4.69, 9.17) is 17.2 Å². The molecule has 0 spiro atoms. The fraction of sp³-hybridized carbons (Fsp3) is 0.400. The van der Waals surface area contributed by atoms with E-state index >= 15 is 0 Å². The first-order chi connectivity index (χ1) is 13.5. The second-order valence-corrected chi connectivity index (χ2v) is 9.14. The highest BCUT2D eigenvalue weighted by Gasteiger charge is 2.33. The first-order valence-corrected chi connectivity index (χ1v) is 10.7. The van der Waals surface area contributed by atoms with Gasteiger partial charge in [0, 0.05) is 25.8 Å². The zero-order valence-corrected chi connectivity index (χ0v) is 17.6. The molecule has 2 aromatic heterocycles. The standard InChI is InChI=1S/C20H22N4O2S2/c1-13(2)12-24-19(26)15(28-20(24)27)11-14-17(22-8-5-6-9-22)21-16-7-3-4-10-23(16)18(14)25/h3-4,7,10-11,13H,5-6,8-9,12H2,1-2H3/b15-11+. The predicted octanol–water partition coefficient (Wildman–Crippen LogP) is 3.15. The Morgan fingerprint density at radius 1 is 1.25 bits per heavy atom. The first kappa shape index (κ1) is 19.1. The lowest BCUT2D eigenvalue weighted by atomic mass is 10.2. The van der Waals surface area contributed by atoms with Crippen LogP contribution in [0, 0.1) is 5.92 Å². The molecule has 0 radical (unpaired) electrons. The van der Waals surface area contributed by atoms with E-state index in [-0.39, 0.29) is 11.5 Å². The van der Waals surface area contributed by atoms with E-state index in [0.29, 0.717) is 38.7 Å². The van der Waals surface area contributed by atoms with Crippen molar-refractivity contribution in [3.05, 3.63) is 45.2 Å². The van der Waals surface area contributed by atoms with E-state index < -0.39 is 0 Å². The van der Waals surface area contributed by atoms with Crippen molar-refractivity contribution in [2.75, 3.05) is 24.5 Å². The highest BCUT2D eigenvalue weighted by atomic mass is 32.2. The summed E-state index contributed by atoms with van der Waals surface area (Å²) in [7, 11) is 0. The Kier molecular flexibility index (Phi) is 5.25. The number of aromatic nitrogens is 2. The van der Waals surface area contributed by atoms with Gasteiger partial charge in [-0.05, 0) is 37.0 Å². The number of pyridine rings is 1. The summed E-state index contributed by atoms with van der Waals surface area (Å²) in [6.07, 6.45) is 5.54. The molecule has 0 unspecified atom stereocenters. The van der Waals surface area contributed by atoms with Crippen LogP contribution in [-0.4, -0.2) is 44.1 Å². The fourth-order valence-corrected chi connectivity index (χ4v) is 4.80. The molecule has 0 saturated carbocycles. The number of thioether (sulfide) groups is 1. The largest absolute Gasteiger partial charge is 0.356 e. The molecular formula is C20H22N4O2S2. The number of rotatable bonds is 4. The van der Waals surface area contributed by atoms with E-state index in [1.807, 2.05) is 26.0 Å². The van der Waals surface area contributed by atoms with Crippen LogP contribution in [0.4, 0.5) is 5.82 Å². The Labute approximate surface area is 173 Å². The Balaban J connectivity index is 1.83. The second-order valence-electron chi connectivity index (χ2n) is 7.46. The molecule has 4 rings (SSSR count). The lowest BCUT2D eigenvalue weighted by Crippen LogP contribution is -2.31. The minimum Gasteiger partial charge on any atom is -0.356 e. The molecule has 28 heavy (non-hydrogen) atoms. The van der Waals surface area contributed by atoms with Gasteiger partial charge >= 0.3 is 0 Å². The van der Waals surface area contributed by atoms with Gasteiger partial charge in [0.1, 0.15) is 15.8 Å². The number of hydrogen-bond donors (Lipinski definition) is 0. The minimum absolute atomic E-state index is 0.131. The number of carbonyl (C=O) groups is 1. The Hall–Kier alpha value is -2.19. The van der Waals surface area contributed by atoms with Crippen LogP contribution < -0.4 is 10.5 Å². The monoisotopic (exact) mass is 414 g/mol. The molecule has 2 aromatic rings. The lowest BCUT2D eigenvalue weighted by Gasteiger charge is -2.19. The van der Waals surface area contributed by atoms with Crippen LogP contribution in [0.5, 0.6) is 0 Å². The maximum atomic E-state index is 13.2. The van der Waals surface area contributed by atoms with Crippen molar-refractivity contribution in [3.8, 4) is 0 Å². The van der Waals surface area contributed by atoms with Crippen molar-refractivity contribution in [3.63, 3.8) is 0 Å². The van der Waals surface area contributed by atoms with Crippen molar-refractivity contribution < 1.29 is 4.79 Å². The van der Waals surface area contributed by atoms with Crippen molar-refractivity contribution in [1.82, 2.24) is 14.3 Å². The van der Waals surface area contributed by atoms with Gasteiger partial charge in [0.25, 0.3) is 11.5 Å². The van der Waals surface area contributed by atoms with Crippen molar-refractivity contribution in [2.45, 2.75) is 26.7 Å². The van der Waals surface area contributed by atoms with Gasteiger partial charge in [-0.1, -0.05) is 43.9 Å². The van der Waals surface area contributed by atoms with Gasteiger partial charge in [-0.2, -0.15) is 0 Å². The molecule has 2 aliphatic heterocycles. The van der Waals surface area contributed by atoms with Gasteiger partial charge in [-0.3, -0.25) is 18.9 Å². The molecule has 146 valence electrons. The summed E-state index contributed by atoms with van der Waals surface area (Å²) >= 11 is 6.66. The number of carbonyl (C=O) groups excluding carboxylic acids is 1. The molecule has 0 bridgehead atoms. The molecule has 8 heteroatoms. The summed E-state index contributed by atoms with van der Waals surface area (Å²) in [4.78, 5) is 35.1. The summed E-state index contributed by atoms with van der Waals surface area (Å²) in [5, 5.41) is 0. The summed E-state index contributed by atoms with van der Waals surface area (Å²) in [5.74, 6) is 0.839. The molecule has 0 N–H and O–H groups in total. The highest BCUT2D eigenvalue weighted by Crippen LogP contribution is 2.34. The third kappa shape index (κ3) is 3.46. The van der Waals surface area contributed by atoms with Gasteiger partial charge < -0.3 is 4.90 Å². The van der Waals surface area contributed by atoms with E-state index in [9.17, 15) is 9.59 Å². The molecule has 1 amide bonds. The minimum atomic E-state index is -0.165. The average Bonchev–Trinajstić information content (AvgIpc) is 3.28. The lowest BCUT2D eigenvalue weighted by molar-refractivity contribution is -0.122. The Bertz CT molecular complexity index is 1040. The summed E-state index contributed by atoms with van der Waals surface area (Å²) in [6, 6.07) is 5.50. The van der Waals surface area contributed by atoms with Crippen LogP contribution in [0.2, 0.25) is 0 Å². The van der Waals surface area contributed by atoms with Crippen molar-refractivity contribution >= 4 is 51.7 Å². The molecule has 2 saturated heterocycles. The maximum absolute atomic E-state index is 13.2. The molecule has 6 nitrogen and oxygen atoms in total. The third-order valence-corrected chi connectivity index (χ3v) is 6.23. The van der Waals surface area contributed by atoms with Crippen LogP contribution in [-0.2, 0) is 4.79 Å². The van der Waals surface area contributed by atoms with Gasteiger partial charge in [-0.25, -0.2) is 4.98 Å². The van der Waals surface area contributed by atoms with Crippen LogP contribution in [0.15, 0.2) is 34.1 Å². The smallest absolute Gasteiger partial charge is 0.267 e. The van der Waals surface area contributed by atoms with Gasteiger partial charge in [0.05, 0.1) is 10.5 Å². The van der Waals surface area contributed by atoms with Gasteiger partial charge in [-0.15, -0.1) is 0 Å². The quantitative estimate of drug-likeness (QED) is 0.566. The van der Waals surface area contributed by atoms with Crippen LogP contribution in [0.1, 0.15) is 32.3 Å². The number of thiocarbonyl (C=S) groups is 1.